The second kappa shape index (κ2) is 13.1. The highest BCUT2D eigenvalue weighted by atomic mass is 16.5. The number of fused-ring (bicyclic) bond motifs is 2. The van der Waals surface area contributed by atoms with Crippen molar-refractivity contribution >= 4 is 34.2 Å². The van der Waals surface area contributed by atoms with Crippen LogP contribution in [0.5, 0.6) is 5.75 Å². The number of benzene rings is 1. The molecule has 3 aromatic heterocycles. The standard InChI is InChI=1S/C34H41N5O5/c1-6-39-28-10-9-26(22-29(28)36(5)32(41)34(3,4)33(39)42)43-20-8-17-37(23-25-11-14-35-15-12-25)16-7-18-38-19-13-30-27(31(38)40)21-24(2)44-30/h9-15,19,21-22H,6-8,16-18,20,23H2,1-5H3. The summed E-state index contributed by atoms with van der Waals surface area (Å²) >= 11 is 0. The molecule has 10 heteroatoms. The van der Waals surface area contributed by atoms with Crippen molar-refractivity contribution in [3.8, 4) is 5.75 Å². The summed E-state index contributed by atoms with van der Waals surface area (Å²) in [5.74, 6) is 0.928. The Labute approximate surface area is 257 Å². The van der Waals surface area contributed by atoms with Crippen molar-refractivity contribution in [2.45, 2.75) is 53.6 Å². The molecule has 2 amide bonds. The van der Waals surface area contributed by atoms with Gasteiger partial charge in [-0.25, -0.2) is 0 Å². The molecule has 1 aliphatic heterocycles. The van der Waals surface area contributed by atoms with Gasteiger partial charge in [-0.15, -0.1) is 0 Å². The van der Waals surface area contributed by atoms with Gasteiger partial charge in [-0.05, 0) is 82.5 Å². The van der Waals surface area contributed by atoms with Crippen molar-refractivity contribution in [1.82, 2.24) is 14.5 Å². The lowest BCUT2D eigenvalue weighted by molar-refractivity contribution is -0.137. The van der Waals surface area contributed by atoms with E-state index in [1.54, 1.807) is 59.9 Å². The predicted octanol–water partition coefficient (Wildman–Crippen LogP) is 5.01. The fourth-order valence-electron chi connectivity index (χ4n) is 5.81. The molecule has 0 unspecified atom stereocenters. The summed E-state index contributed by atoms with van der Waals surface area (Å²) in [5.41, 5.74) is 1.97. The first-order valence-corrected chi connectivity index (χ1v) is 15.2. The summed E-state index contributed by atoms with van der Waals surface area (Å²) < 4.78 is 13.5. The minimum absolute atomic E-state index is 0.0310. The SMILES string of the molecule is CCN1C(=O)C(C)(C)C(=O)N(C)c2cc(OCCCN(CCCn3ccc4oc(C)cc4c3=O)Cc3ccncc3)ccc21. The zero-order valence-corrected chi connectivity index (χ0v) is 26.2. The van der Waals surface area contributed by atoms with Gasteiger partial charge in [-0.2, -0.15) is 0 Å². The second-order valence-corrected chi connectivity index (χ2v) is 11.8. The molecule has 4 heterocycles. The summed E-state index contributed by atoms with van der Waals surface area (Å²) in [4.78, 5) is 48.9. The molecule has 0 spiro atoms. The van der Waals surface area contributed by atoms with E-state index in [0.717, 1.165) is 38.2 Å². The van der Waals surface area contributed by atoms with Gasteiger partial charge < -0.3 is 23.5 Å². The number of pyridine rings is 2. The van der Waals surface area contributed by atoms with Crippen LogP contribution in [0.3, 0.4) is 0 Å². The Morgan fingerprint density at radius 3 is 2.45 bits per heavy atom. The zero-order valence-electron chi connectivity index (χ0n) is 26.2. The molecule has 10 nitrogen and oxygen atoms in total. The summed E-state index contributed by atoms with van der Waals surface area (Å²) in [5, 5.41) is 0.613. The molecule has 4 aromatic rings. The van der Waals surface area contributed by atoms with E-state index < -0.39 is 5.41 Å². The number of furan rings is 1. The smallest absolute Gasteiger partial charge is 0.261 e. The molecular weight excluding hydrogens is 558 g/mol. The van der Waals surface area contributed by atoms with E-state index in [1.165, 1.54) is 5.56 Å². The maximum absolute atomic E-state index is 13.2. The molecule has 1 aliphatic rings. The number of carbonyl (C=O) groups is 2. The lowest BCUT2D eigenvalue weighted by atomic mass is 9.90. The number of rotatable bonds is 12. The van der Waals surface area contributed by atoms with Crippen LogP contribution in [0, 0.1) is 12.3 Å². The molecule has 0 N–H and O–H groups in total. The monoisotopic (exact) mass is 599 g/mol. The van der Waals surface area contributed by atoms with Crippen LogP contribution in [0.15, 0.2) is 70.3 Å². The van der Waals surface area contributed by atoms with Gasteiger partial charge in [0.15, 0.2) is 0 Å². The molecule has 0 saturated carbocycles. The largest absolute Gasteiger partial charge is 0.493 e. The molecule has 0 saturated heterocycles. The number of aromatic nitrogens is 2. The average molecular weight is 600 g/mol. The molecule has 0 atom stereocenters. The number of amides is 2. The minimum Gasteiger partial charge on any atom is -0.493 e. The average Bonchev–Trinajstić information content (AvgIpc) is 3.39. The van der Waals surface area contributed by atoms with Gasteiger partial charge in [0, 0.05) is 64.4 Å². The van der Waals surface area contributed by atoms with Crippen molar-refractivity contribution in [1.29, 1.82) is 0 Å². The molecule has 1 aromatic carbocycles. The number of nitrogens with zero attached hydrogens (tertiary/aromatic N) is 5. The number of aryl methyl sites for hydroxylation is 2. The van der Waals surface area contributed by atoms with Crippen LogP contribution in [-0.4, -0.2) is 59.6 Å². The van der Waals surface area contributed by atoms with E-state index in [0.29, 0.717) is 47.8 Å². The third-order valence-corrected chi connectivity index (χ3v) is 8.23. The molecule has 0 aliphatic carbocycles. The van der Waals surface area contributed by atoms with E-state index in [9.17, 15) is 14.4 Å². The Bertz CT molecular complexity index is 1690. The van der Waals surface area contributed by atoms with Gasteiger partial charge in [0.25, 0.3) is 5.56 Å². The number of hydrogen-bond donors (Lipinski definition) is 0. The molecule has 44 heavy (non-hydrogen) atoms. The van der Waals surface area contributed by atoms with Gasteiger partial charge in [0.1, 0.15) is 22.5 Å². The number of hydrogen-bond acceptors (Lipinski definition) is 7. The molecule has 5 rings (SSSR count). The summed E-state index contributed by atoms with van der Waals surface area (Å²) in [6, 6.07) is 13.2. The predicted molar refractivity (Wildman–Crippen MR) is 171 cm³/mol. The first kappa shape index (κ1) is 31.0. The third-order valence-electron chi connectivity index (χ3n) is 8.23. The van der Waals surface area contributed by atoms with E-state index in [-0.39, 0.29) is 17.4 Å². The lowest BCUT2D eigenvalue weighted by Crippen LogP contribution is -2.47. The first-order chi connectivity index (χ1) is 21.1. The zero-order chi connectivity index (χ0) is 31.4. The Balaban J connectivity index is 1.22. The maximum atomic E-state index is 13.2. The number of anilines is 2. The first-order valence-electron chi connectivity index (χ1n) is 15.2. The van der Waals surface area contributed by atoms with Crippen LogP contribution in [0.2, 0.25) is 0 Å². The van der Waals surface area contributed by atoms with Crippen LogP contribution in [0.4, 0.5) is 11.4 Å². The minimum atomic E-state index is -1.15. The van der Waals surface area contributed by atoms with E-state index in [2.05, 4.69) is 9.88 Å². The van der Waals surface area contributed by atoms with Crippen LogP contribution >= 0.6 is 0 Å². The molecular formula is C34H41N5O5. The highest BCUT2D eigenvalue weighted by molar-refractivity contribution is 6.20. The highest BCUT2D eigenvalue weighted by Crippen LogP contribution is 2.40. The van der Waals surface area contributed by atoms with Crippen molar-refractivity contribution in [3.05, 3.63) is 82.7 Å². The third kappa shape index (κ3) is 6.40. The van der Waals surface area contributed by atoms with Gasteiger partial charge >= 0.3 is 0 Å². The van der Waals surface area contributed by atoms with Crippen LogP contribution in [0.1, 0.15) is 44.9 Å². The quantitative estimate of drug-likeness (QED) is 0.167. The summed E-state index contributed by atoms with van der Waals surface area (Å²) in [6.07, 6.45) is 6.99. The van der Waals surface area contributed by atoms with Gasteiger partial charge in [0.05, 0.1) is 23.4 Å². The Kier molecular flexibility index (Phi) is 9.20. The van der Waals surface area contributed by atoms with Crippen molar-refractivity contribution in [3.63, 3.8) is 0 Å². The lowest BCUT2D eigenvalue weighted by Gasteiger charge is -2.27. The summed E-state index contributed by atoms with van der Waals surface area (Å²) in [6.45, 7) is 11.0. The Morgan fingerprint density at radius 2 is 1.70 bits per heavy atom. The van der Waals surface area contributed by atoms with Crippen LogP contribution in [0.25, 0.3) is 11.0 Å². The molecule has 0 bridgehead atoms. The summed E-state index contributed by atoms with van der Waals surface area (Å²) in [7, 11) is 1.71. The van der Waals surface area contributed by atoms with Crippen LogP contribution < -0.4 is 20.1 Å². The molecule has 232 valence electrons. The van der Waals surface area contributed by atoms with E-state index in [4.69, 9.17) is 9.15 Å². The second-order valence-electron chi connectivity index (χ2n) is 11.8. The number of ether oxygens (including phenoxy) is 1. The van der Waals surface area contributed by atoms with Gasteiger partial charge in [-0.1, -0.05) is 0 Å². The Hall–Kier alpha value is -4.44. The maximum Gasteiger partial charge on any atom is 0.261 e. The van der Waals surface area contributed by atoms with Crippen molar-refractivity contribution < 1.29 is 18.7 Å². The van der Waals surface area contributed by atoms with E-state index >= 15 is 0 Å². The Morgan fingerprint density at radius 1 is 0.955 bits per heavy atom. The van der Waals surface area contributed by atoms with Crippen molar-refractivity contribution in [2.75, 3.05) is 43.1 Å². The highest BCUT2D eigenvalue weighted by Gasteiger charge is 2.45. The topological polar surface area (TPSA) is 101 Å². The van der Waals surface area contributed by atoms with E-state index in [1.807, 2.05) is 50.2 Å². The molecule has 0 radical (unpaired) electrons. The van der Waals surface area contributed by atoms with Gasteiger partial charge in [-0.3, -0.25) is 24.3 Å². The van der Waals surface area contributed by atoms with Gasteiger partial charge in [0.2, 0.25) is 11.8 Å². The fraction of sp³-hybridized carbons (Fsp3) is 0.412. The van der Waals surface area contributed by atoms with Crippen LogP contribution in [-0.2, 0) is 22.7 Å². The fourth-order valence-corrected chi connectivity index (χ4v) is 5.81. The molecule has 0 fully saturated rings. The normalized spacial score (nSPS) is 14.8. The van der Waals surface area contributed by atoms with Crippen molar-refractivity contribution in [2.24, 2.45) is 5.41 Å². The number of carbonyl (C=O) groups excluding carboxylic acids is 2.